The van der Waals surface area contributed by atoms with Crippen LogP contribution in [0.25, 0.3) is 0 Å². The number of halogens is 1. The highest BCUT2D eigenvalue weighted by molar-refractivity contribution is 6.16. The van der Waals surface area contributed by atoms with E-state index in [0.29, 0.717) is 22.4 Å². The highest BCUT2D eigenvalue weighted by Crippen LogP contribution is 2.40. The van der Waals surface area contributed by atoms with Crippen molar-refractivity contribution in [1.82, 2.24) is 5.32 Å². The Labute approximate surface area is 113 Å². The number of carbonyl (C=O) groups is 2. The zero-order valence-corrected chi connectivity index (χ0v) is 10.3. The van der Waals surface area contributed by atoms with Gasteiger partial charge in [-0.3, -0.25) is 14.5 Å². The summed E-state index contributed by atoms with van der Waals surface area (Å²) in [5.74, 6) is -0.907. The van der Waals surface area contributed by atoms with Crippen LogP contribution in [0.4, 0.5) is 10.1 Å². The van der Waals surface area contributed by atoms with Gasteiger partial charge in [-0.15, -0.1) is 0 Å². The van der Waals surface area contributed by atoms with Gasteiger partial charge in [-0.1, -0.05) is 12.1 Å². The van der Waals surface area contributed by atoms with E-state index in [4.69, 9.17) is 0 Å². The lowest BCUT2D eigenvalue weighted by Crippen LogP contribution is -2.45. The smallest absolute Gasteiger partial charge is 0.260 e. The number of nitrogens with one attached hydrogen (secondary N) is 1. The van der Waals surface area contributed by atoms with Crippen LogP contribution in [-0.2, 0) is 0 Å². The molecule has 98 valence electrons. The van der Waals surface area contributed by atoms with Gasteiger partial charge in [0, 0.05) is 11.1 Å². The van der Waals surface area contributed by atoms with Crippen LogP contribution < -0.4 is 10.2 Å². The van der Waals surface area contributed by atoms with Crippen LogP contribution in [0.2, 0.25) is 0 Å². The summed E-state index contributed by atoms with van der Waals surface area (Å²) < 4.78 is 13.4. The molecule has 20 heavy (non-hydrogen) atoms. The van der Waals surface area contributed by atoms with Crippen molar-refractivity contribution in [2.45, 2.75) is 6.17 Å². The Bertz CT molecular complexity index is 772. The molecule has 0 radical (unpaired) electrons. The Balaban J connectivity index is 1.96. The van der Waals surface area contributed by atoms with Crippen LogP contribution in [0.15, 0.2) is 42.5 Å². The van der Waals surface area contributed by atoms with Gasteiger partial charge in [0.1, 0.15) is 12.0 Å². The van der Waals surface area contributed by atoms with Crippen LogP contribution >= 0.6 is 0 Å². The third-order valence-electron chi connectivity index (χ3n) is 3.69. The topological polar surface area (TPSA) is 49.4 Å². The fourth-order valence-electron chi connectivity index (χ4n) is 2.81. The average molecular weight is 268 g/mol. The highest BCUT2D eigenvalue weighted by Gasteiger charge is 2.43. The molecule has 0 saturated carbocycles. The summed E-state index contributed by atoms with van der Waals surface area (Å²) in [6.45, 7) is 0. The van der Waals surface area contributed by atoms with E-state index in [9.17, 15) is 14.0 Å². The molecule has 5 heteroatoms. The van der Waals surface area contributed by atoms with E-state index >= 15 is 0 Å². The minimum Gasteiger partial charge on any atom is -0.327 e. The van der Waals surface area contributed by atoms with Crippen molar-refractivity contribution in [2.24, 2.45) is 0 Å². The van der Waals surface area contributed by atoms with Gasteiger partial charge >= 0.3 is 0 Å². The maximum absolute atomic E-state index is 13.4. The molecule has 1 N–H and O–H groups in total. The average Bonchev–Trinajstić information content (AvgIpc) is 2.72. The molecule has 4 nitrogen and oxygen atoms in total. The predicted molar refractivity (Wildman–Crippen MR) is 69.9 cm³/mol. The summed E-state index contributed by atoms with van der Waals surface area (Å²) in [7, 11) is 0. The summed E-state index contributed by atoms with van der Waals surface area (Å²) in [6, 6.07) is 10.9. The van der Waals surface area contributed by atoms with E-state index in [1.807, 2.05) is 0 Å². The van der Waals surface area contributed by atoms with Crippen molar-refractivity contribution in [3.05, 3.63) is 65.0 Å². The third kappa shape index (κ3) is 1.29. The summed E-state index contributed by atoms with van der Waals surface area (Å²) in [6.07, 6.45) is -0.629. The van der Waals surface area contributed by atoms with E-state index in [2.05, 4.69) is 5.32 Å². The standard InChI is InChI=1S/C15H9FN2O2/c16-8-5-6-9-11(7-8)13-17-14(19)10-3-1-2-4-12(10)18(13)15(9)20/h1-7,13H,(H,17,19). The first-order valence-corrected chi connectivity index (χ1v) is 6.20. The number of carbonyl (C=O) groups excluding carboxylic acids is 2. The summed E-state index contributed by atoms with van der Waals surface area (Å²) >= 11 is 0. The SMILES string of the molecule is O=C1NC2c3cc(F)ccc3C(=O)N2c2ccccc21. The molecule has 2 heterocycles. The number of fused-ring (bicyclic) bond motifs is 5. The number of benzene rings is 2. The van der Waals surface area contributed by atoms with Crippen LogP contribution in [0, 0.1) is 5.82 Å². The number of rotatable bonds is 0. The zero-order chi connectivity index (χ0) is 13.9. The van der Waals surface area contributed by atoms with Crippen LogP contribution in [0.1, 0.15) is 32.4 Å². The van der Waals surface area contributed by atoms with Gasteiger partial charge < -0.3 is 5.32 Å². The second-order valence-electron chi connectivity index (χ2n) is 4.80. The molecule has 0 bridgehead atoms. The molecule has 2 aliphatic heterocycles. The molecular weight excluding hydrogens is 259 g/mol. The molecule has 2 aliphatic rings. The first-order chi connectivity index (χ1) is 9.66. The molecule has 2 aromatic rings. The van der Waals surface area contributed by atoms with Crippen molar-refractivity contribution in [1.29, 1.82) is 0 Å². The number of para-hydroxylation sites is 1. The summed E-state index contributed by atoms with van der Waals surface area (Å²) in [4.78, 5) is 26.1. The number of amides is 2. The Hall–Kier alpha value is -2.69. The molecule has 2 amide bonds. The number of hydrogen-bond donors (Lipinski definition) is 1. The number of nitrogens with zero attached hydrogens (tertiary/aromatic N) is 1. The Morgan fingerprint density at radius 1 is 1.05 bits per heavy atom. The fraction of sp³-hybridized carbons (Fsp3) is 0.0667. The highest BCUT2D eigenvalue weighted by atomic mass is 19.1. The minimum absolute atomic E-state index is 0.225. The van der Waals surface area contributed by atoms with Crippen LogP contribution in [0.3, 0.4) is 0 Å². The number of anilines is 1. The van der Waals surface area contributed by atoms with E-state index in [-0.39, 0.29) is 11.8 Å². The molecule has 0 aliphatic carbocycles. The summed E-state index contributed by atoms with van der Waals surface area (Å²) in [5.41, 5.74) is 1.93. The Morgan fingerprint density at radius 3 is 2.70 bits per heavy atom. The molecule has 1 unspecified atom stereocenters. The maximum atomic E-state index is 13.4. The molecule has 0 aromatic heterocycles. The molecule has 0 fully saturated rings. The Kier molecular flexibility index (Phi) is 2.04. The van der Waals surface area contributed by atoms with Crippen molar-refractivity contribution in [2.75, 3.05) is 4.90 Å². The van der Waals surface area contributed by atoms with E-state index < -0.39 is 12.0 Å². The molecule has 2 aromatic carbocycles. The van der Waals surface area contributed by atoms with Crippen molar-refractivity contribution < 1.29 is 14.0 Å². The first-order valence-electron chi connectivity index (χ1n) is 6.20. The maximum Gasteiger partial charge on any atom is 0.260 e. The van der Waals surface area contributed by atoms with Gasteiger partial charge in [-0.05, 0) is 30.3 Å². The van der Waals surface area contributed by atoms with Crippen LogP contribution in [-0.4, -0.2) is 11.8 Å². The van der Waals surface area contributed by atoms with E-state index in [1.165, 1.54) is 23.1 Å². The second-order valence-corrected chi connectivity index (χ2v) is 4.80. The number of hydrogen-bond acceptors (Lipinski definition) is 2. The lowest BCUT2D eigenvalue weighted by atomic mass is 10.1. The predicted octanol–water partition coefficient (Wildman–Crippen LogP) is 2.23. The quantitative estimate of drug-likeness (QED) is 0.796. The van der Waals surface area contributed by atoms with Crippen LogP contribution in [0.5, 0.6) is 0 Å². The normalized spacial score (nSPS) is 19.2. The zero-order valence-electron chi connectivity index (χ0n) is 10.3. The van der Waals surface area contributed by atoms with Gasteiger partial charge in [0.15, 0.2) is 0 Å². The monoisotopic (exact) mass is 268 g/mol. The van der Waals surface area contributed by atoms with Gasteiger partial charge in [0.2, 0.25) is 0 Å². The van der Waals surface area contributed by atoms with Crippen molar-refractivity contribution in [3.63, 3.8) is 0 Å². The molecule has 0 spiro atoms. The molecule has 1 atom stereocenters. The Morgan fingerprint density at radius 2 is 1.85 bits per heavy atom. The molecular formula is C15H9FN2O2. The largest absolute Gasteiger partial charge is 0.327 e. The first kappa shape index (κ1) is 11.2. The fourth-order valence-corrected chi connectivity index (χ4v) is 2.81. The lowest BCUT2D eigenvalue weighted by Gasteiger charge is -2.32. The van der Waals surface area contributed by atoms with E-state index in [0.717, 1.165) is 0 Å². The molecule has 4 rings (SSSR count). The van der Waals surface area contributed by atoms with Gasteiger partial charge in [0.05, 0.1) is 11.3 Å². The minimum atomic E-state index is -0.629. The van der Waals surface area contributed by atoms with Crippen molar-refractivity contribution >= 4 is 17.5 Å². The van der Waals surface area contributed by atoms with E-state index in [1.54, 1.807) is 24.3 Å². The summed E-state index contributed by atoms with van der Waals surface area (Å²) in [5, 5.41) is 2.75. The second kappa shape index (κ2) is 3.66. The van der Waals surface area contributed by atoms with Gasteiger partial charge in [0.25, 0.3) is 11.8 Å². The van der Waals surface area contributed by atoms with Gasteiger partial charge in [-0.25, -0.2) is 4.39 Å². The molecule has 0 saturated heterocycles. The lowest BCUT2D eigenvalue weighted by molar-refractivity contribution is 0.0912. The third-order valence-corrected chi connectivity index (χ3v) is 3.69. The van der Waals surface area contributed by atoms with Gasteiger partial charge in [-0.2, -0.15) is 0 Å². The van der Waals surface area contributed by atoms with Crippen molar-refractivity contribution in [3.8, 4) is 0 Å².